The second kappa shape index (κ2) is 9.41. The topological polar surface area (TPSA) is 66.8 Å². The highest BCUT2D eigenvalue weighted by molar-refractivity contribution is 9.10. The first-order valence-electron chi connectivity index (χ1n) is 11.9. The van der Waals surface area contributed by atoms with Gasteiger partial charge in [0, 0.05) is 46.9 Å². The molecule has 2 aliphatic heterocycles. The number of halogens is 5. The standard InChI is InChI=1S/C25H25BrF4N4O2/c1-2-36-13-17-18(27)11-15(26)12-19(17)34-9-7-24(8-10-34)23(35)32-22(33-24)16-5-6-20(25(28,29)30)31-21(16)14-3-4-14/h5-6,11-12,14H,2-4,7-10,13H2,1H3,(H,32,33,35). The van der Waals surface area contributed by atoms with E-state index in [0.717, 1.165) is 18.9 Å². The Morgan fingerprint density at radius 3 is 2.58 bits per heavy atom. The van der Waals surface area contributed by atoms with Crippen LogP contribution in [-0.4, -0.2) is 42.0 Å². The maximum absolute atomic E-state index is 14.7. The van der Waals surface area contributed by atoms with E-state index in [1.807, 2.05) is 17.9 Å². The lowest BCUT2D eigenvalue weighted by Gasteiger charge is -2.37. The Hall–Kier alpha value is -2.53. The summed E-state index contributed by atoms with van der Waals surface area (Å²) >= 11 is 3.36. The van der Waals surface area contributed by atoms with Crippen LogP contribution in [-0.2, 0) is 22.3 Å². The van der Waals surface area contributed by atoms with Gasteiger partial charge in [-0.25, -0.2) is 9.37 Å². The van der Waals surface area contributed by atoms with Gasteiger partial charge in [0.2, 0.25) is 0 Å². The molecule has 2 fully saturated rings. The van der Waals surface area contributed by atoms with Gasteiger partial charge in [-0.3, -0.25) is 9.79 Å². The zero-order valence-electron chi connectivity index (χ0n) is 19.6. The van der Waals surface area contributed by atoms with Gasteiger partial charge in [-0.15, -0.1) is 0 Å². The van der Waals surface area contributed by atoms with E-state index in [1.165, 1.54) is 12.1 Å². The number of carbonyl (C=O) groups excluding carboxylic acids is 1. The maximum atomic E-state index is 14.7. The third-order valence-corrected chi connectivity index (χ3v) is 7.39. The summed E-state index contributed by atoms with van der Waals surface area (Å²) in [7, 11) is 0. The van der Waals surface area contributed by atoms with Crippen LogP contribution in [0, 0.1) is 5.82 Å². The molecule has 1 N–H and O–H groups in total. The normalized spacial score (nSPS) is 19.6. The van der Waals surface area contributed by atoms with Crippen molar-refractivity contribution >= 4 is 33.4 Å². The minimum atomic E-state index is -4.54. The van der Waals surface area contributed by atoms with E-state index in [2.05, 4.69) is 26.2 Å². The number of alkyl halides is 3. The molecule has 3 aliphatic rings. The minimum absolute atomic E-state index is 0.0597. The Kier molecular flexibility index (Phi) is 6.57. The van der Waals surface area contributed by atoms with Gasteiger partial charge >= 0.3 is 6.18 Å². The predicted octanol–water partition coefficient (Wildman–Crippen LogP) is 5.33. The highest BCUT2D eigenvalue weighted by atomic mass is 79.9. The monoisotopic (exact) mass is 568 g/mol. The number of aromatic nitrogens is 1. The Morgan fingerprint density at radius 2 is 1.94 bits per heavy atom. The number of hydrogen-bond donors (Lipinski definition) is 1. The minimum Gasteiger partial charge on any atom is -0.377 e. The van der Waals surface area contributed by atoms with Gasteiger partial charge in [0.25, 0.3) is 5.91 Å². The smallest absolute Gasteiger partial charge is 0.377 e. The molecule has 1 aromatic carbocycles. The van der Waals surface area contributed by atoms with Crippen molar-refractivity contribution in [2.45, 2.75) is 56.8 Å². The van der Waals surface area contributed by atoms with Gasteiger partial charge in [0.05, 0.1) is 12.3 Å². The van der Waals surface area contributed by atoms with Crippen LogP contribution < -0.4 is 10.2 Å². The molecule has 1 saturated heterocycles. The summed E-state index contributed by atoms with van der Waals surface area (Å²) in [5.74, 6) is -0.416. The summed E-state index contributed by atoms with van der Waals surface area (Å²) in [6, 6.07) is 5.54. The van der Waals surface area contributed by atoms with Crippen molar-refractivity contribution in [3.05, 3.63) is 57.1 Å². The van der Waals surface area contributed by atoms with Crippen molar-refractivity contribution < 1.29 is 27.1 Å². The SMILES string of the molecule is CCOCc1c(F)cc(Br)cc1N1CCC2(CC1)N=C(c1ccc(C(F)(F)F)nc1C1CC1)NC2=O. The molecule has 0 unspecified atom stereocenters. The second-order valence-corrected chi connectivity index (χ2v) is 10.3. The molecule has 2 aromatic rings. The Bertz CT molecular complexity index is 1220. The fourth-order valence-electron chi connectivity index (χ4n) is 4.82. The number of benzene rings is 1. The molecule has 1 spiro atoms. The van der Waals surface area contributed by atoms with Gasteiger partial charge in [0.15, 0.2) is 0 Å². The van der Waals surface area contributed by atoms with Gasteiger partial charge < -0.3 is 15.0 Å². The molecule has 1 aliphatic carbocycles. The van der Waals surface area contributed by atoms with Crippen molar-refractivity contribution in [1.29, 1.82) is 0 Å². The zero-order chi connectivity index (χ0) is 25.7. The highest BCUT2D eigenvalue weighted by Gasteiger charge is 2.47. The Morgan fingerprint density at radius 1 is 1.22 bits per heavy atom. The summed E-state index contributed by atoms with van der Waals surface area (Å²) < 4.78 is 60.5. The number of aliphatic imine (C=N–C) groups is 1. The summed E-state index contributed by atoms with van der Waals surface area (Å²) in [4.78, 5) is 23.7. The first-order chi connectivity index (χ1) is 17.1. The molecule has 3 heterocycles. The van der Waals surface area contributed by atoms with Crippen LogP contribution in [0.4, 0.5) is 23.2 Å². The second-order valence-electron chi connectivity index (χ2n) is 9.36. The number of piperidine rings is 1. The summed E-state index contributed by atoms with van der Waals surface area (Å²) in [6.45, 7) is 3.35. The van der Waals surface area contributed by atoms with Crippen LogP contribution in [0.5, 0.6) is 0 Å². The third kappa shape index (κ3) is 4.74. The zero-order valence-corrected chi connectivity index (χ0v) is 21.2. The first-order valence-corrected chi connectivity index (χ1v) is 12.7. The lowest BCUT2D eigenvalue weighted by molar-refractivity contribution is -0.141. The number of nitrogens with zero attached hydrogens (tertiary/aromatic N) is 3. The number of nitrogens with one attached hydrogen (secondary N) is 1. The number of ether oxygens (including phenoxy) is 1. The van der Waals surface area contributed by atoms with E-state index in [-0.39, 0.29) is 30.1 Å². The van der Waals surface area contributed by atoms with E-state index in [4.69, 9.17) is 9.73 Å². The predicted molar refractivity (Wildman–Crippen MR) is 130 cm³/mol. The molecule has 0 atom stereocenters. The molecule has 1 saturated carbocycles. The molecule has 11 heteroatoms. The molecule has 0 bridgehead atoms. The number of amides is 1. The fourth-order valence-corrected chi connectivity index (χ4v) is 5.24. The molecule has 36 heavy (non-hydrogen) atoms. The average molecular weight is 569 g/mol. The fraction of sp³-hybridized carbons (Fsp3) is 0.480. The van der Waals surface area contributed by atoms with Crippen molar-refractivity contribution in [1.82, 2.24) is 10.3 Å². The van der Waals surface area contributed by atoms with Crippen LogP contribution >= 0.6 is 15.9 Å². The largest absolute Gasteiger partial charge is 0.433 e. The third-order valence-electron chi connectivity index (χ3n) is 6.93. The quantitative estimate of drug-likeness (QED) is 0.478. The molecular weight excluding hydrogens is 544 g/mol. The van der Waals surface area contributed by atoms with E-state index < -0.39 is 17.4 Å². The molecular formula is C25H25BrF4N4O2. The Labute approximate surface area is 214 Å². The highest BCUT2D eigenvalue weighted by Crippen LogP contribution is 2.43. The van der Waals surface area contributed by atoms with Crippen LogP contribution in [0.15, 0.2) is 33.7 Å². The van der Waals surface area contributed by atoms with Gasteiger partial charge in [-0.2, -0.15) is 13.2 Å². The van der Waals surface area contributed by atoms with Gasteiger partial charge in [-0.05, 0) is 56.9 Å². The lowest BCUT2D eigenvalue weighted by Crippen LogP contribution is -2.49. The van der Waals surface area contributed by atoms with E-state index in [1.54, 1.807) is 0 Å². The van der Waals surface area contributed by atoms with Crippen molar-refractivity contribution in [2.24, 2.45) is 4.99 Å². The molecule has 0 radical (unpaired) electrons. The number of pyridine rings is 1. The van der Waals surface area contributed by atoms with Crippen LogP contribution in [0.25, 0.3) is 0 Å². The number of hydrogen-bond acceptors (Lipinski definition) is 5. The molecule has 192 valence electrons. The van der Waals surface area contributed by atoms with E-state index in [0.29, 0.717) is 59.5 Å². The van der Waals surface area contributed by atoms with Crippen LogP contribution in [0.3, 0.4) is 0 Å². The number of rotatable bonds is 6. The lowest BCUT2D eigenvalue weighted by atomic mass is 9.87. The van der Waals surface area contributed by atoms with Crippen LogP contribution in [0.2, 0.25) is 0 Å². The van der Waals surface area contributed by atoms with Crippen molar-refractivity contribution in [3.8, 4) is 0 Å². The average Bonchev–Trinajstić information content (AvgIpc) is 3.63. The van der Waals surface area contributed by atoms with Crippen molar-refractivity contribution in [3.63, 3.8) is 0 Å². The number of amidine groups is 1. The van der Waals surface area contributed by atoms with Crippen LogP contribution in [0.1, 0.15) is 61.0 Å². The molecule has 5 rings (SSSR count). The molecule has 1 amide bonds. The summed E-state index contributed by atoms with van der Waals surface area (Å²) in [5.41, 5.74) is -0.00309. The van der Waals surface area contributed by atoms with E-state index in [9.17, 15) is 22.4 Å². The van der Waals surface area contributed by atoms with Gasteiger partial charge in [-0.1, -0.05) is 15.9 Å². The summed E-state index contributed by atoms with van der Waals surface area (Å²) in [5, 5.41) is 2.81. The molecule has 1 aromatic heterocycles. The molecule has 6 nitrogen and oxygen atoms in total. The van der Waals surface area contributed by atoms with E-state index >= 15 is 0 Å². The summed E-state index contributed by atoms with van der Waals surface area (Å²) in [6.07, 6.45) is -2.25. The van der Waals surface area contributed by atoms with Gasteiger partial charge in [0.1, 0.15) is 22.9 Å². The van der Waals surface area contributed by atoms with Crippen molar-refractivity contribution in [2.75, 3.05) is 24.6 Å². The maximum Gasteiger partial charge on any atom is 0.433 e. The Balaban J connectivity index is 1.40. The number of anilines is 1. The first kappa shape index (κ1) is 25.1. The number of carbonyl (C=O) groups is 1.